The van der Waals surface area contributed by atoms with Crippen molar-refractivity contribution in [3.8, 4) is 5.75 Å². The first-order valence-electron chi connectivity index (χ1n) is 13.1. The van der Waals surface area contributed by atoms with E-state index >= 15 is 0 Å². The molecule has 2 aromatic carbocycles. The average molecular weight is 548 g/mol. The number of halogens is 1. The number of ether oxygens (including phenoxy) is 1. The molecule has 10 heteroatoms. The minimum absolute atomic E-state index is 0.00144. The van der Waals surface area contributed by atoms with Crippen LogP contribution < -0.4 is 14.4 Å². The van der Waals surface area contributed by atoms with Gasteiger partial charge in [0.25, 0.3) is 0 Å². The number of nitrogens with one attached hydrogen (secondary N) is 1. The summed E-state index contributed by atoms with van der Waals surface area (Å²) in [5, 5.41) is 3.02. The quantitative estimate of drug-likeness (QED) is 0.405. The Morgan fingerprint density at radius 3 is 2.37 bits per heavy atom. The van der Waals surface area contributed by atoms with Crippen molar-refractivity contribution in [2.75, 3.05) is 23.7 Å². The highest BCUT2D eigenvalue weighted by atomic mass is 32.2. The maximum absolute atomic E-state index is 14.4. The number of sulfonamides is 1. The minimum atomic E-state index is -3.60. The molecule has 0 aromatic heterocycles. The SMILES string of the molecule is CCOc1ccc(N(CCCC(=O)N(Cc2ccccc2F)[C@@H](C)C(=O)NC2CCCC2)S(C)(=O)=O)cc1. The third kappa shape index (κ3) is 8.18. The molecule has 3 rings (SSSR count). The normalized spacial score (nSPS) is 14.6. The van der Waals surface area contributed by atoms with E-state index in [0.717, 1.165) is 31.9 Å². The predicted molar refractivity (Wildman–Crippen MR) is 146 cm³/mol. The monoisotopic (exact) mass is 547 g/mol. The molecule has 8 nitrogen and oxygen atoms in total. The van der Waals surface area contributed by atoms with Crippen LogP contribution in [0.3, 0.4) is 0 Å². The molecule has 208 valence electrons. The van der Waals surface area contributed by atoms with E-state index in [4.69, 9.17) is 4.74 Å². The molecule has 2 amide bonds. The van der Waals surface area contributed by atoms with Crippen LogP contribution in [0.5, 0.6) is 5.75 Å². The summed E-state index contributed by atoms with van der Waals surface area (Å²) in [6.07, 6.45) is 5.28. The Morgan fingerprint density at radius 1 is 1.11 bits per heavy atom. The zero-order chi connectivity index (χ0) is 27.7. The van der Waals surface area contributed by atoms with Gasteiger partial charge in [0.1, 0.15) is 17.6 Å². The average Bonchev–Trinajstić information content (AvgIpc) is 3.39. The third-order valence-electron chi connectivity index (χ3n) is 6.76. The van der Waals surface area contributed by atoms with Crippen LogP contribution in [0.25, 0.3) is 0 Å². The van der Waals surface area contributed by atoms with E-state index in [0.29, 0.717) is 23.6 Å². The zero-order valence-electron chi connectivity index (χ0n) is 22.4. The molecule has 38 heavy (non-hydrogen) atoms. The van der Waals surface area contributed by atoms with Gasteiger partial charge in [0.2, 0.25) is 21.8 Å². The Bertz CT molecular complexity index is 1180. The number of carbonyl (C=O) groups excluding carboxylic acids is 2. The summed E-state index contributed by atoms with van der Waals surface area (Å²) in [4.78, 5) is 27.7. The Hall–Kier alpha value is -3.14. The van der Waals surface area contributed by atoms with Crippen molar-refractivity contribution >= 4 is 27.5 Å². The lowest BCUT2D eigenvalue weighted by molar-refractivity contribution is -0.141. The summed E-state index contributed by atoms with van der Waals surface area (Å²) >= 11 is 0. The molecule has 0 spiro atoms. The van der Waals surface area contributed by atoms with E-state index in [9.17, 15) is 22.4 Å². The Balaban J connectivity index is 1.71. The van der Waals surface area contributed by atoms with Gasteiger partial charge >= 0.3 is 0 Å². The molecule has 0 aliphatic heterocycles. The number of nitrogens with zero attached hydrogens (tertiary/aromatic N) is 2. The number of benzene rings is 2. The van der Waals surface area contributed by atoms with E-state index in [1.807, 2.05) is 6.92 Å². The van der Waals surface area contributed by atoms with Crippen LogP contribution in [0.2, 0.25) is 0 Å². The fraction of sp³-hybridized carbons (Fsp3) is 0.500. The molecule has 0 radical (unpaired) electrons. The van der Waals surface area contributed by atoms with Crippen molar-refractivity contribution in [3.63, 3.8) is 0 Å². The second-order valence-electron chi connectivity index (χ2n) is 9.64. The number of rotatable bonds is 13. The lowest BCUT2D eigenvalue weighted by Crippen LogP contribution is -2.49. The Labute approximate surface area is 225 Å². The van der Waals surface area contributed by atoms with Crippen LogP contribution in [0, 0.1) is 5.82 Å². The lowest BCUT2D eigenvalue weighted by Gasteiger charge is -2.30. The van der Waals surface area contributed by atoms with Gasteiger partial charge in [-0.15, -0.1) is 0 Å². The summed E-state index contributed by atoms with van der Waals surface area (Å²) in [7, 11) is -3.60. The molecule has 1 aliphatic carbocycles. The van der Waals surface area contributed by atoms with Gasteiger partial charge in [0.05, 0.1) is 18.6 Å². The fourth-order valence-electron chi connectivity index (χ4n) is 4.66. The van der Waals surface area contributed by atoms with Gasteiger partial charge in [0.15, 0.2) is 0 Å². The maximum Gasteiger partial charge on any atom is 0.242 e. The van der Waals surface area contributed by atoms with E-state index in [1.54, 1.807) is 49.4 Å². The molecule has 1 saturated carbocycles. The summed E-state index contributed by atoms with van der Waals surface area (Å²) < 4.78 is 46.1. The van der Waals surface area contributed by atoms with E-state index in [2.05, 4.69) is 5.32 Å². The van der Waals surface area contributed by atoms with E-state index < -0.39 is 21.9 Å². The first-order valence-corrected chi connectivity index (χ1v) is 15.0. The predicted octanol–water partition coefficient (Wildman–Crippen LogP) is 4.25. The number of anilines is 1. The second-order valence-corrected chi connectivity index (χ2v) is 11.6. The molecular formula is C28H38FN3O5S. The first-order chi connectivity index (χ1) is 18.1. The van der Waals surface area contributed by atoms with Crippen LogP contribution in [0.4, 0.5) is 10.1 Å². The molecule has 0 saturated heterocycles. The highest BCUT2D eigenvalue weighted by molar-refractivity contribution is 7.92. The molecule has 1 aliphatic rings. The third-order valence-corrected chi connectivity index (χ3v) is 7.95. The van der Waals surface area contributed by atoms with Gasteiger partial charge in [-0.1, -0.05) is 31.0 Å². The van der Waals surface area contributed by atoms with Gasteiger partial charge in [-0.3, -0.25) is 13.9 Å². The molecule has 0 unspecified atom stereocenters. The summed E-state index contributed by atoms with van der Waals surface area (Å²) in [6, 6.07) is 12.2. The molecule has 1 N–H and O–H groups in total. The van der Waals surface area contributed by atoms with Gasteiger partial charge in [-0.2, -0.15) is 0 Å². The second kappa shape index (κ2) is 13.6. The number of hydrogen-bond acceptors (Lipinski definition) is 5. The maximum atomic E-state index is 14.4. The summed E-state index contributed by atoms with van der Waals surface area (Å²) in [5.74, 6) is -0.433. The lowest BCUT2D eigenvalue weighted by atomic mass is 10.1. The van der Waals surface area contributed by atoms with E-state index in [-0.39, 0.29) is 43.8 Å². The Kier molecular flexibility index (Phi) is 10.5. The molecule has 0 bridgehead atoms. The standard InChI is InChI=1S/C28H38FN3O5S/c1-4-37-25-17-15-24(16-18-25)32(38(3,35)36)19-9-14-27(33)31(20-22-10-5-8-13-26(22)29)21(2)28(34)30-23-11-6-7-12-23/h5,8,10,13,15-18,21,23H,4,6-7,9,11-12,14,19-20H2,1-3H3,(H,30,34)/t21-/m0/s1. The fourth-order valence-corrected chi connectivity index (χ4v) is 5.63. The van der Waals surface area contributed by atoms with Gasteiger partial charge < -0.3 is 15.0 Å². The highest BCUT2D eigenvalue weighted by Crippen LogP contribution is 2.23. The van der Waals surface area contributed by atoms with Crippen molar-refractivity contribution < 1.29 is 27.1 Å². The number of carbonyl (C=O) groups is 2. The highest BCUT2D eigenvalue weighted by Gasteiger charge is 2.29. The topological polar surface area (TPSA) is 96.0 Å². The summed E-state index contributed by atoms with van der Waals surface area (Å²) in [5.41, 5.74) is 0.782. The molecule has 2 aromatic rings. The van der Waals surface area contributed by atoms with Gasteiger partial charge in [-0.05, 0) is 63.4 Å². The zero-order valence-corrected chi connectivity index (χ0v) is 23.2. The van der Waals surface area contributed by atoms with Crippen LogP contribution in [-0.2, 0) is 26.2 Å². The molecule has 1 fully saturated rings. The van der Waals surface area contributed by atoms with Crippen molar-refractivity contribution in [1.29, 1.82) is 0 Å². The van der Waals surface area contributed by atoms with Crippen molar-refractivity contribution in [1.82, 2.24) is 10.2 Å². The number of amides is 2. The smallest absolute Gasteiger partial charge is 0.242 e. The minimum Gasteiger partial charge on any atom is -0.494 e. The van der Waals surface area contributed by atoms with Crippen molar-refractivity contribution in [2.24, 2.45) is 0 Å². The van der Waals surface area contributed by atoms with Gasteiger partial charge in [-0.25, -0.2) is 12.8 Å². The van der Waals surface area contributed by atoms with Crippen LogP contribution in [-0.4, -0.2) is 56.6 Å². The van der Waals surface area contributed by atoms with E-state index in [1.165, 1.54) is 15.3 Å². The largest absolute Gasteiger partial charge is 0.494 e. The van der Waals surface area contributed by atoms with Crippen LogP contribution >= 0.6 is 0 Å². The number of hydrogen-bond donors (Lipinski definition) is 1. The Morgan fingerprint density at radius 2 is 1.76 bits per heavy atom. The molecule has 1 atom stereocenters. The van der Waals surface area contributed by atoms with Crippen molar-refractivity contribution in [2.45, 2.75) is 71.0 Å². The van der Waals surface area contributed by atoms with Gasteiger partial charge in [0, 0.05) is 31.1 Å². The van der Waals surface area contributed by atoms with Crippen molar-refractivity contribution in [3.05, 3.63) is 59.9 Å². The first kappa shape index (κ1) is 29.4. The van der Waals surface area contributed by atoms with Crippen LogP contribution in [0.15, 0.2) is 48.5 Å². The summed E-state index contributed by atoms with van der Waals surface area (Å²) in [6.45, 7) is 4.03. The molecular weight excluding hydrogens is 509 g/mol. The molecule has 0 heterocycles. The van der Waals surface area contributed by atoms with Crippen LogP contribution in [0.1, 0.15) is 57.9 Å².